The van der Waals surface area contributed by atoms with E-state index in [2.05, 4.69) is 10.3 Å². The molecule has 0 aliphatic heterocycles. The number of methoxy groups -OCH3 is 1. The van der Waals surface area contributed by atoms with E-state index in [1.54, 1.807) is 45.2 Å². The molecule has 0 saturated carbocycles. The predicted molar refractivity (Wildman–Crippen MR) is 120 cm³/mol. The molecule has 0 radical (unpaired) electrons. The molecule has 1 aromatic carbocycles. The van der Waals surface area contributed by atoms with Crippen molar-refractivity contribution in [3.8, 4) is 5.75 Å². The predicted octanol–water partition coefficient (Wildman–Crippen LogP) is 3.79. The van der Waals surface area contributed by atoms with Gasteiger partial charge in [-0.05, 0) is 49.6 Å². The Kier molecular flexibility index (Phi) is 6.74. The molecule has 8 nitrogen and oxygen atoms in total. The van der Waals surface area contributed by atoms with Gasteiger partial charge in [-0.1, -0.05) is 13.8 Å². The summed E-state index contributed by atoms with van der Waals surface area (Å²) in [7, 11) is 1.56. The number of thiophene rings is 1. The highest BCUT2D eigenvalue weighted by molar-refractivity contribution is 7.20. The molecule has 3 aromatic rings. The van der Waals surface area contributed by atoms with Crippen LogP contribution in [0.25, 0.3) is 10.2 Å². The Morgan fingerprint density at radius 3 is 2.48 bits per heavy atom. The first-order valence-electron chi connectivity index (χ1n) is 9.85. The number of benzene rings is 1. The SMILES string of the molecule is COc1ccc(NC(=O)[C@@H](C)n2cnc3sc(C(=O)OCC(C)C)c(C)c3c2=O)cc1. The van der Waals surface area contributed by atoms with Gasteiger partial charge in [-0.25, -0.2) is 9.78 Å². The fourth-order valence-corrected chi connectivity index (χ4v) is 4.00. The molecule has 0 aliphatic rings. The van der Waals surface area contributed by atoms with E-state index in [0.29, 0.717) is 38.7 Å². The lowest BCUT2D eigenvalue weighted by Gasteiger charge is -2.15. The minimum absolute atomic E-state index is 0.207. The highest BCUT2D eigenvalue weighted by Crippen LogP contribution is 2.28. The summed E-state index contributed by atoms with van der Waals surface area (Å²) < 4.78 is 11.7. The largest absolute Gasteiger partial charge is 0.497 e. The number of ether oxygens (including phenoxy) is 2. The van der Waals surface area contributed by atoms with Crippen LogP contribution in [0.2, 0.25) is 0 Å². The number of rotatable bonds is 7. The van der Waals surface area contributed by atoms with Gasteiger partial charge in [0.1, 0.15) is 21.5 Å². The zero-order valence-electron chi connectivity index (χ0n) is 18.1. The fraction of sp³-hybridized carbons (Fsp3) is 0.364. The van der Waals surface area contributed by atoms with Crippen molar-refractivity contribution in [2.45, 2.75) is 33.7 Å². The molecule has 0 saturated heterocycles. The van der Waals surface area contributed by atoms with Gasteiger partial charge >= 0.3 is 5.97 Å². The summed E-state index contributed by atoms with van der Waals surface area (Å²) in [6.45, 7) is 7.51. The Hall–Kier alpha value is -3.20. The third kappa shape index (κ3) is 4.77. The molecule has 3 rings (SSSR count). The van der Waals surface area contributed by atoms with Crippen molar-refractivity contribution in [3.05, 3.63) is 51.4 Å². The minimum Gasteiger partial charge on any atom is -0.497 e. The van der Waals surface area contributed by atoms with Crippen LogP contribution in [0.1, 0.15) is 42.0 Å². The number of carbonyl (C=O) groups is 2. The molecule has 1 N–H and O–H groups in total. The molecule has 0 aliphatic carbocycles. The van der Waals surface area contributed by atoms with E-state index in [0.717, 1.165) is 11.3 Å². The van der Waals surface area contributed by atoms with Crippen LogP contribution in [0.3, 0.4) is 0 Å². The van der Waals surface area contributed by atoms with Crippen LogP contribution in [-0.2, 0) is 9.53 Å². The zero-order valence-corrected chi connectivity index (χ0v) is 18.9. The van der Waals surface area contributed by atoms with Crippen molar-refractivity contribution < 1.29 is 19.1 Å². The van der Waals surface area contributed by atoms with E-state index < -0.39 is 12.0 Å². The lowest BCUT2D eigenvalue weighted by Crippen LogP contribution is -2.31. The monoisotopic (exact) mass is 443 g/mol. The standard InChI is InChI=1S/C22H25N3O5S/c1-12(2)10-30-22(28)18-13(3)17-20(31-18)23-11-25(21(17)27)14(4)19(26)24-15-6-8-16(29-5)9-7-15/h6-9,11-12,14H,10H2,1-5H3,(H,24,26)/t14-/m1/s1. The van der Waals surface area contributed by atoms with Crippen molar-refractivity contribution in [2.24, 2.45) is 5.92 Å². The van der Waals surface area contributed by atoms with E-state index >= 15 is 0 Å². The quantitative estimate of drug-likeness (QED) is 0.558. The molecule has 2 aromatic heterocycles. The van der Waals surface area contributed by atoms with Crippen LogP contribution in [-0.4, -0.2) is 35.1 Å². The topological polar surface area (TPSA) is 99.5 Å². The number of esters is 1. The number of amides is 1. The second-order valence-corrected chi connectivity index (χ2v) is 8.58. The van der Waals surface area contributed by atoms with Crippen LogP contribution >= 0.6 is 11.3 Å². The van der Waals surface area contributed by atoms with Gasteiger partial charge in [0.05, 0.1) is 25.4 Å². The smallest absolute Gasteiger partial charge is 0.348 e. The Balaban J connectivity index is 1.87. The van der Waals surface area contributed by atoms with Gasteiger partial charge in [-0.15, -0.1) is 11.3 Å². The zero-order chi connectivity index (χ0) is 22.7. The first kappa shape index (κ1) is 22.5. The summed E-state index contributed by atoms with van der Waals surface area (Å²) in [4.78, 5) is 43.3. The molecular weight excluding hydrogens is 418 g/mol. The van der Waals surface area contributed by atoms with Gasteiger partial charge in [0, 0.05) is 5.69 Å². The average molecular weight is 444 g/mol. The van der Waals surface area contributed by atoms with Crippen LogP contribution in [0.5, 0.6) is 5.75 Å². The van der Waals surface area contributed by atoms with E-state index in [-0.39, 0.29) is 17.4 Å². The van der Waals surface area contributed by atoms with E-state index in [1.165, 1.54) is 10.9 Å². The maximum Gasteiger partial charge on any atom is 0.348 e. The number of nitrogens with one attached hydrogen (secondary N) is 1. The maximum absolute atomic E-state index is 13.1. The van der Waals surface area contributed by atoms with Crippen LogP contribution in [0.15, 0.2) is 35.4 Å². The summed E-state index contributed by atoms with van der Waals surface area (Å²) in [5.41, 5.74) is 0.726. The van der Waals surface area contributed by atoms with E-state index in [4.69, 9.17) is 9.47 Å². The summed E-state index contributed by atoms with van der Waals surface area (Å²) >= 11 is 1.12. The summed E-state index contributed by atoms with van der Waals surface area (Å²) in [6.07, 6.45) is 1.34. The first-order chi connectivity index (χ1) is 14.7. The Labute approximate surface area is 183 Å². The third-order valence-corrected chi connectivity index (χ3v) is 5.94. The lowest BCUT2D eigenvalue weighted by molar-refractivity contribution is -0.118. The van der Waals surface area contributed by atoms with Gasteiger partial charge in [-0.2, -0.15) is 0 Å². The normalized spacial score (nSPS) is 12.1. The number of fused-ring (bicyclic) bond motifs is 1. The van der Waals surface area contributed by atoms with Gasteiger partial charge in [0.15, 0.2) is 0 Å². The van der Waals surface area contributed by atoms with Crippen LogP contribution < -0.4 is 15.6 Å². The number of aryl methyl sites for hydroxylation is 1. The van der Waals surface area contributed by atoms with Gasteiger partial charge < -0.3 is 14.8 Å². The number of carbonyl (C=O) groups excluding carboxylic acids is 2. The number of nitrogens with zero attached hydrogens (tertiary/aromatic N) is 2. The van der Waals surface area contributed by atoms with Gasteiger partial charge in [0.2, 0.25) is 5.91 Å². The van der Waals surface area contributed by atoms with Crippen LogP contribution in [0.4, 0.5) is 5.69 Å². The summed E-state index contributed by atoms with van der Waals surface area (Å²) in [5.74, 6) is 0.0509. The molecule has 0 spiro atoms. The third-order valence-electron chi connectivity index (χ3n) is 4.76. The van der Waals surface area contributed by atoms with Crippen molar-refractivity contribution in [1.29, 1.82) is 0 Å². The molecule has 1 atom stereocenters. The molecule has 0 fully saturated rings. The number of aromatic nitrogens is 2. The van der Waals surface area contributed by atoms with Crippen molar-refractivity contribution in [3.63, 3.8) is 0 Å². The van der Waals surface area contributed by atoms with E-state index in [1.807, 2.05) is 13.8 Å². The Morgan fingerprint density at radius 1 is 1.19 bits per heavy atom. The molecule has 31 heavy (non-hydrogen) atoms. The van der Waals surface area contributed by atoms with Crippen molar-refractivity contribution in [1.82, 2.24) is 9.55 Å². The highest BCUT2D eigenvalue weighted by atomic mass is 32.1. The highest BCUT2D eigenvalue weighted by Gasteiger charge is 2.23. The van der Waals surface area contributed by atoms with Gasteiger partial charge in [0.25, 0.3) is 5.56 Å². The second-order valence-electron chi connectivity index (χ2n) is 7.58. The number of hydrogen-bond acceptors (Lipinski definition) is 7. The molecule has 9 heteroatoms. The van der Waals surface area contributed by atoms with Crippen LogP contribution in [0, 0.1) is 12.8 Å². The summed E-state index contributed by atoms with van der Waals surface area (Å²) in [6, 6.07) is 6.09. The average Bonchev–Trinajstić information content (AvgIpc) is 3.09. The number of anilines is 1. The van der Waals surface area contributed by atoms with Gasteiger partial charge in [-0.3, -0.25) is 14.2 Å². The molecule has 0 unspecified atom stereocenters. The minimum atomic E-state index is -0.804. The molecular formula is C22H25N3O5S. The first-order valence-corrected chi connectivity index (χ1v) is 10.7. The molecule has 2 heterocycles. The second kappa shape index (κ2) is 9.30. The summed E-state index contributed by atoms with van der Waals surface area (Å²) in [5, 5.41) is 3.11. The molecule has 1 amide bonds. The maximum atomic E-state index is 13.1. The molecule has 0 bridgehead atoms. The van der Waals surface area contributed by atoms with Crippen molar-refractivity contribution in [2.75, 3.05) is 19.0 Å². The molecule has 164 valence electrons. The Morgan fingerprint density at radius 2 is 1.87 bits per heavy atom. The van der Waals surface area contributed by atoms with Crippen molar-refractivity contribution >= 4 is 39.1 Å². The Bertz CT molecular complexity index is 1160. The lowest BCUT2D eigenvalue weighted by atomic mass is 10.2. The number of hydrogen-bond donors (Lipinski definition) is 1. The fourth-order valence-electron chi connectivity index (χ4n) is 2.96. The van der Waals surface area contributed by atoms with E-state index in [9.17, 15) is 14.4 Å².